The summed E-state index contributed by atoms with van der Waals surface area (Å²) in [6, 6.07) is 7.68. The van der Waals surface area contributed by atoms with E-state index in [2.05, 4.69) is 9.71 Å². The van der Waals surface area contributed by atoms with Gasteiger partial charge in [0.05, 0.1) is 22.5 Å². The number of carbonyl (C=O) groups is 1. The van der Waals surface area contributed by atoms with Crippen molar-refractivity contribution in [1.29, 1.82) is 0 Å². The summed E-state index contributed by atoms with van der Waals surface area (Å²) in [7, 11) is -3.78. The molecule has 1 amide bonds. The summed E-state index contributed by atoms with van der Waals surface area (Å²) in [6.07, 6.45) is 2.97. The van der Waals surface area contributed by atoms with Crippen LogP contribution in [0.2, 0.25) is 0 Å². The minimum atomic E-state index is -3.78. The number of hydrogen-bond acceptors (Lipinski definition) is 5. The third kappa shape index (κ3) is 2.98. The Morgan fingerprint density at radius 3 is 2.87 bits per heavy atom. The Balaban J connectivity index is 1.98. The number of amides is 1. The molecule has 0 bridgehead atoms. The van der Waals surface area contributed by atoms with E-state index in [1.54, 1.807) is 24.4 Å². The van der Waals surface area contributed by atoms with Crippen molar-refractivity contribution in [3.05, 3.63) is 42.7 Å². The monoisotopic (exact) mass is 333 g/mol. The molecule has 3 rings (SSSR count). The van der Waals surface area contributed by atoms with Crippen LogP contribution in [0.4, 0.5) is 11.4 Å². The van der Waals surface area contributed by atoms with Crippen LogP contribution >= 0.6 is 0 Å². The second-order valence-corrected chi connectivity index (χ2v) is 6.59. The average molecular weight is 333 g/mol. The fourth-order valence-electron chi connectivity index (χ4n) is 2.33. The Hall–Kier alpha value is -2.61. The summed E-state index contributed by atoms with van der Waals surface area (Å²) in [5.74, 6) is 0.293. The Morgan fingerprint density at radius 2 is 2.17 bits per heavy atom. The molecule has 0 fully saturated rings. The number of ether oxygens (including phenoxy) is 1. The molecule has 120 valence electrons. The molecule has 0 spiro atoms. The topological polar surface area (TPSA) is 88.6 Å². The average Bonchev–Trinajstić information content (AvgIpc) is 2.55. The zero-order valence-electron chi connectivity index (χ0n) is 12.4. The molecule has 1 aromatic carbocycles. The number of pyridine rings is 1. The van der Waals surface area contributed by atoms with Crippen molar-refractivity contribution in [2.75, 3.05) is 22.8 Å². The Bertz CT molecular complexity index is 837. The van der Waals surface area contributed by atoms with Crippen molar-refractivity contribution >= 4 is 27.3 Å². The molecule has 23 heavy (non-hydrogen) atoms. The predicted molar refractivity (Wildman–Crippen MR) is 85.0 cm³/mol. The van der Waals surface area contributed by atoms with Crippen LogP contribution < -0.4 is 14.4 Å². The van der Waals surface area contributed by atoms with E-state index in [1.807, 2.05) is 6.92 Å². The Morgan fingerprint density at radius 1 is 1.35 bits per heavy atom. The minimum absolute atomic E-state index is 0.0408. The van der Waals surface area contributed by atoms with Gasteiger partial charge in [-0.1, -0.05) is 0 Å². The van der Waals surface area contributed by atoms with Gasteiger partial charge < -0.3 is 9.64 Å². The molecule has 0 radical (unpaired) electrons. The van der Waals surface area contributed by atoms with Gasteiger partial charge in [-0.25, -0.2) is 8.42 Å². The summed E-state index contributed by atoms with van der Waals surface area (Å²) in [5.41, 5.74) is 0.822. The van der Waals surface area contributed by atoms with Crippen LogP contribution in [0.15, 0.2) is 47.6 Å². The molecule has 8 heteroatoms. The molecule has 1 aliphatic heterocycles. The number of fused-ring (bicyclic) bond motifs is 1. The first-order valence-electron chi connectivity index (χ1n) is 7.01. The molecule has 2 heterocycles. The lowest BCUT2D eigenvalue weighted by Crippen LogP contribution is -2.38. The van der Waals surface area contributed by atoms with Crippen LogP contribution in [0, 0.1) is 0 Å². The van der Waals surface area contributed by atoms with Gasteiger partial charge in [0.25, 0.3) is 15.9 Å². The zero-order chi connectivity index (χ0) is 16.4. The van der Waals surface area contributed by atoms with Gasteiger partial charge in [0.2, 0.25) is 0 Å². The second-order valence-electron chi connectivity index (χ2n) is 4.90. The maximum absolute atomic E-state index is 12.5. The van der Waals surface area contributed by atoms with Crippen molar-refractivity contribution in [1.82, 2.24) is 4.98 Å². The van der Waals surface area contributed by atoms with E-state index >= 15 is 0 Å². The summed E-state index contributed by atoms with van der Waals surface area (Å²) in [5, 5.41) is 0. The molecule has 0 atom stereocenters. The standard InChI is InChI=1S/C15H15N3O4S/c1-2-18-13-8-12(5-6-14(13)22-10-15(18)19)23(20,21)17-11-4-3-7-16-9-11/h3-9,17H,2,10H2,1H3. The largest absolute Gasteiger partial charge is 0.482 e. The fourth-order valence-corrected chi connectivity index (χ4v) is 3.40. The molecule has 0 saturated carbocycles. The lowest BCUT2D eigenvalue weighted by atomic mass is 10.2. The molecule has 0 unspecified atom stereocenters. The van der Waals surface area contributed by atoms with Gasteiger partial charge in [0, 0.05) is 12.7 Å². The van der Waals surface area contributed by atoms with Crippen molar-refractivity contribution in [3.8, 4) is 5.75 Å². The van der Waals surface area contributed by atoms with Crippen LogP contribution in [-0.2, 0) is 14.8 Å². The van der Waals surface area contributed by atoms with Crippen LogP contribution in [0.1, 0.15) is 6.92 Å². The van der Waals surface area contributed by atoms with Gasteiger partial charge in [-0.05, 0) is 37.3 Å². The first-order chi connectivity index (χ1) is 11.0. The van der Waals surface area contributed by atoms with Crippen LogP contribution in [0.5, 0.6) is 5.75 Å². The summed E-state index contributed by atoms with van der Waals surface area (Å²) >= 11 is 0. The quantitative estimate of drug-likeness (QED) is 0.918. The van der Waals surface area contributed by atoms with Crippen molar-refractivity contribution < 1.29 is 17.9 Å². The number of nitrogens with one attached hydrogen (secondary N) is 1. The van der Waals surface area contributed by atoms with Crippen LogP contribution in [-0.4, -0.2) is 32.5 Å². The highest BCUT2D eigenvalue weighted by molar-refractivity contribution is 7.92. The molecular weight excluding hydrogens is 318 g/mol. The zero-order valence-corrected chi connectivity index (χ0v) is 13.2. The number of aromatic nitrogens is 1. The molecule has 1 aliphatic rings. The third-order valence-electron chi connectivity index (χ3n) is 3.41. The van der Waals surface area contributed by atoms with Gasteiger partial charge in [-0.2, -0.15) is 0 Å². The third-order valence-corrected chi connectivity index (χ3v) is 4.79. The molecule has 1 N–H and O–H groups in total. The van der Waals surface area contributed by atoms with E-state index in [0.29, 0.717) is 23.7 Å². The first kappa shape index (κ1) is 15.3. The smallest absolute Gasteiger partial charge is 0.265 e. The van der Waals surface area contributed by atoms with Crippen LogP contribution in [0.3, 0.4) is 0 Å². The molecule has 0 saturated heterocycles. The van der Waals surface area contributed by atoms with E-state index in [9.17, 15) is 13.2 Å². The maximum Gasteiger partial charge on any atom is 0.265 e. The van der Waals surface area contributed by atoms with Crippen molar-refractivity contribution in [2.24, 2.45) is 0 Å². The number of likely N-dealkylation sites (N-methyl/N-ethyl adjacent to an activating group) is 1. The normalized spacial score (nSPS) is 14.1. The van der Waals surface area contributed by atoms with Gasteiger partial charge >= 0.3 is 0 Å². The first-order valence-corrected chi connectivity index (χ1v) is 8.49. The van der Waals surface area contributed by atoms with E-state index in [1.165, 1.54) is 23.2 Å². The maximum atomic E-state index is 12.5. The van der Waals surface area contributed by atoms with E-state index in [-0.39, 0.29) is 17.4 Å². The fraction of sp³-hybridized carbons (Fsp3) is 0.200. The number of hydrogen-bond donors (Lipinski definition) is 1. The molecular formula is C15H15N3O4S. The van der Waals surface area contributed by atoms with Crippen LogP contribution in [0.25, 0.3) is 0 Å². The lowest BCUT2D eigenvalue weighted by molar-refractivity contribution is -0.121. The molecule has 2 aromatic rings. The number of rotatable bonds is 4. The van der Waals surface area contributed by atoms with E-state index in [0.717, 1.165) is 0 Å². The van der Waals surface area contributed by atoms with E-state index < -0.39 is 10.0 Å². The second kappa shape index (κ2) is 5.88. The van der Waals surface area contributed by atoms with Crippen molar-refractivity contribution in [3.63, 3.8) is 0 Å². The highest BCUT2D eigenvalue weighted by Gasteiger charge is 2.26. The minimum Gasteiger partial charge on any atom is -0.482 e. The number of benzene rings is 1. The molecule has 1 aromatic heterocycles. The van der Waals surface area contributed by atoms with E-state index in [4.69, 9.17) is 4.74 Å². The van der Waals surface area contributed by atoms with Gasteiger partial charge in [0.1, 0.15) is 5.75 Å². The van der Waals surface area contributed by atoms with Crippen molar-refractivity contribution in [2.45, 2.75) is 11.8 Å². The molecule has 0 aliphatic carbocycles. The summed E-state index contributed by atoms with van der Waals surface area (Å²) in [4.78, 5) is 17.3. The lowest BCUT2D eigenvalue weighted by Gasteiger charge is -2.28. The highest BCUT2D eigenvalue weighted by atomic mass is 32.2. The number of anilines is 2. The summed E-state index contributed by atoms with van der Waals surface area (Å²) < 4.78 is 32.7. The van der Waals surface area contributed by atoms with Gasteiger partial charge in [-0.15, -0.1) is 0 Å². The Kier molecular flexibility index (Phi) is 3.91. The number of carbonyl (C=O) groups excluding carboxylic acids is 1. The molecule has 7 nitrogen and oxygen atoms in total. The summed E-state index contributed by atoms with van der Waals surface area (Å²) in [6.45, 7) is 2.22. The number of nitrogens with zero attached hydrogens (tertiary/aromatic N) is 2. The highest BCUT2D eigenvalue weighted by Crippen LogP contribution is 2.34. The van der Waals surface area contributed by atoms with Gasteiger partial charge in [0.15, 0.2) is 6.61 Å². The SMILES string of the molecule is CCN1C(=O)COc2ccc(S(=O)(=O)Nc3cccnc3)cc21. The Labute approximate surface area is 134 Å². The van der Waals surface area contributed by atoms with Gasteiger partial charge in [-0.3, -0.25) is 14.5 Å². The number of sulfonamides is 1. The predicted octanol–water partition coefficient (Wildman–Crippen LogP) is 1.63.